The number of allylic oxidation sites excluding steroid dienone is 1. The third-order valence-electron chi connectivity index (χ3n) is 1.27. The predicted octanol–water partition coefficient (Wildman–Crippen LogP) is 1.03. The second kappa shape index (κ2) is 3.15. The zero-order valence-electron chi connectivity index (χ0n) is 6.09. The van der Waals surface area contributed by atoms with Crippen LogP contribution in [0.4, 0.5) is 0 Å². The molecule has 0 fully saturated rings. The first-order valence-electron chi connectivity index (χ1n) is 2.97. The summed E-state index contributed by atoms with van der Waals surface area (Å²) < 4.78 is 14.9. The molecule has 0 atom stereocenters. The molecule has 3 heteroatoms. The highest BCUT2D eigenvalue weighted by atomic mass is 16.5. The van der Waals surface area contributed by atoms with Crippen LogP contribution >= 0.6 is 0 Å². The Labute approximate surface area is 59.9 Å². The van der Waals surface area contributed by atoms with Gasteiger partial charge in [0.05, 0.1) is 20.5 Å². The first-order valence-corrected chi connectivity index (χ1v) is 2.97. The molecule has 0 N–H and O–H groups in total. The summed E-state index contributed by atoms with van der Waals surface area (Å²) in [6.07, 6.45) is 3.31. The van der Waals surface area contributed by atoms with Crippen molar-refractivity contribution >= 4 is 0 Å². The van der Waals surface area contributed by atoms with Crippen molar-refractivity contribution in [2.75, 3.05) is 20.8 Å². The lowest BCUT2D eigenvalue weighted by Gasteiger charge is -2.13. The van der Waals surface area contributed by atoms with Crippen LogP contribution in [-0.2, 0) is 14.2 Å². The zero-order chi connectivity index (χ0) is 7.40. The molecule has 0 saturated heterocycles. The van der Waals surface area contributed by atoms with Crippen LogP contribution in [0.25, 0.3) is 0 Å². The summed E-state index contributed by atoms with van der Waals surface area (Å²) in [5.41, 5.74) is 0. The van der Waals surface area contributed by atoms with Gasteiger partial charge in [-0.2, -0.15) is 0 Å². The van der Waals surface area contributed by atoms with Crippen LogP contribution in [0.15, 0.2) is 23.9 Å². The lowest BCUT2D eigenvalue weighted by Crippen LogP contribution is -2.05. The topological polar surface area (TPSA) is 27.7 Å². The summed E-state index contributed by atoms with van der Waals surface area (Å²) in [4.78, 5) is 0. The minimum absolute atomic E-state index is 0.455. The van der Waals surface area contributed by atoms with E-state index in [1.807, 2.05) is 0 Å². The molecule has 1 aliphatic heterocycles. The molecule has 0 aromatic carbocycles. The van der Waals surface area contributed by atoms with Gasteiger partial charge in [0, 0.05) is 6.08 Å². The van der Waals surface area contributed by atoms with E-state index in [0.29, 0.717) is 6.61 Å². The summed E-state index contributed by atoms with van der Waals surface area (Å²) in [6, 6.07) is 0. The highest BCUT2D eigenvalue weighted by Crippen LogP contribution is 2.12. The van der Waals surface area contributed by atoms with Gasteiger partial charge in [-0.1, -0.05) is 0 Å². The van der Waals surface area contributed by atoms with Crippen molar-refractivity contribution in [3.63, 3.8) is 0 Å². The van der Waals surface area contributed by atoms with E-state index in [0.717, 1.165) is 11.5 Å². The summed E-state index contributed by atoms with van der Waals surface area (Å²) in [7, 11) is 3.20. The van der Waals surface area contributed by atoms with Gasteiger partial charge in [0.25, 0.3) is 0 Å². The molecular formula is C7H10O3. The fraction of sp³-hybridized carbons (Fsp3) is 0.429. The number of rotatable bonds is 2. The van der Waals surface area contributed by atoms with Crippen molar-refractivity contribution < 1.29 is 14.2 Å². The average Bonchev–Trinajstić information content (AvgIpc) is 2.04. The lowest BCUT2D eigenvalue weighted by atomic mass is 10.3. The maximum atomic E-state index is 4.98. The first kappa shape index (κ1) is 6.99. The Hall–Kier alpha value is -1.12. The van der Waals surface area contributed by atoms with Crippen LogP contribution in [0.3, 0.4) is 0 Å². The number of hydrogen-bond donors (Lipinski definition) is 0. The predicted molar refractivity (Wildman–Crippen MR) is 36.1 cm³/mol. The molecule has 1 heterocycles. The van der Waals surface area contributed by atoms with Gasteiger partial charge < -0.3 is 14.2 Å². The van der Waals surface area contributed by atoms with Gasteiger partial charge in [-0.15, -0.1) is 0 Å². The Morgan fingerprint density at radius 1 is 1.40 bits per heavy atom. The number of hydrogen-bond acceptors (Lipinski definition) is 3. The van der Waals surface area contributed by atoms with Crippen LogP contribution < -0.4 is 0 Å². The Balaban J connectivity index is 2.73. The third-order valence-corrected chi connectivity index (χ3v) is 1.27. The van der Waals surface area contributed by atoms with Crippen LogP contribution in [0.2, 0.25) is 0 Å². The minimum atomic E-state index is 0.455. The van der Waals surface area contributed by atoms with E-state index in [1.165, 1.54) is 0 Å². The molecule has 1 aliphatic rings. The lowest BCUT2D eigenvalue weighted by molar-refractivity contribution is 0.151. The van der Waals surface area contributed by atoms with E-state index < -0.39 is 0 Å². The van der Waals surface area contributed by atoms with Crippen LogP contribution in [0.5, 0.6) is 0 Å². The highest BCUT2D eigenvalue weighted by Gasteiger charge is 2.08. The van der Waals surface area contributed by atoms with Gasteiger partial charge in [-0.25, -0.2) is 0 Å². The monoisotopic (exact) mass is 142 g/mol. The van der Waals surface area contributed by atoms with Crippen LogP contribution in [-0.4, -0.2) is 20.8 Å². The molecule has 0 saturated carbocycles. The fourth-order valence-corrected chi connectivity index (χ4v) is 0.739. The zero-order valence-corrected chi connectivity index (χ0v) is 6.09. The van der Waals surface area contributed by atoms with Gasteiger partial charge in [-0.05, 0) is 0 Å². The van der Waals surface area contributed by atoms with E-state index in [1.54, 1.807) is 26.6 Å². The van der Waals surface area contributed by atoms with Crippen molar-refractivity contribution in [3.05, 3.63) is 23.9 Å². The van der Waals surface area contributed by atoms with Crippen molar-refractivity contribution in [3.8, 4) is 0 Å². The molecule has 56 valence electrons. The molecule has 0 aliphatic carbocycles. The fourth-order valence-electron chi connectivity index (χ4n) is 0.739. The van der Waals surface area contributed by atoms with Crippen molar-refractivity contribution in [1.82, 2.24) is 0 Å². The standard InChI is InChI=1S/C7H10O3/c1-8-6-3-4-10-5-7(6)9-2/h3-4H,5H2,1-2H3. The normalized spacial score (nSPS) is 16.6. The first-order chi connectivity index (χ1) is 4.88. The summed E-state index contributed by atoms with van der Waals surface area (Å²) in [5.74, 6) is 1.46. The van der Waals surface area contributed by atoms with E-state index in [4.69, 9.17) is 14.2 Å². The molecule has 10 heavy (non-hydrogen) atoms. The van der Waals surface area contributed by atoms with Gasteiger partial charge in [0.1, 0.15) is 6.61 Å². The smallest absolute Gasteiger partial charge is 0.175 e. The van der Waals surface area contributed by atoms with E-state index in [9.17, 15) is 0 Å². The molecule has 0 radical (unpaired) electrons. The third kappa shape index (κ3) is 1.23. The SMILES string of the molecule is COC1=C(OC)COC=C1. The quantitative estimate of drug-likeness (QED) is 0.576. The molecule has 0 aromatic heterocycles. The second-order valence-corrected chi connectivity index (χ2v) is 1.81. The minimum Gasteiger partial charge on any atom is -0.494 e. The van der Waals surface area contributed by atoms with Crippen molar-refractivity contribution in [2.45, 2.75) is 0 Å². The average molecular weight is 142 g/mol. The number of ether oxygens (including phenoxy) is 3. The molecule has 0 spiro atoms. The van der Waals surface area contributed by atoms with Crippen molar-refractivity contribution in [1.29, 1.82) is 0 Å². The maximum absolute atomic E-state index is 4.98. The maximum Gasteiger partial charge on any atom is 0.175 e. The van der Waals surface area contributed by atoms with E-state index >= 15 is 0 Å². The molecule has 0 amide bonds. The summed E-state index contributed by atoms with van der Waals surface area (Å²) in [6.45, 7) is 0.455. The molecule has 0 aromatic rings. The number of methoxy groups -OCH3 is 2. The Morgan fingerprint density at radius 2 is 2.20 bits per heavy atom. The van der Waals surface area contributed by atoms with Gasteiger partial charge in [0.2, 0.25) is 0 Å². The van der Waals surface area contributed by atoms with Crippen molar-refractivity contribution in [2.24, 2.45) is 0 Å². The Bertz CT molecular complexity index is 170. The van der Waals surface area contributed by atoms with E-state index in [-0.39, 0.29) is 0 Å². The van der Waals surface area contributed by atoms with Gasteiger partial charge in [0.15, 0.2) is 11.5 Å². The summed E-state index contributed by atoms with van der Waals surface area (Å²) in [5, 5.41) is 0. The largest absolute Gasteiger partial charge is 0.494 e. The Morgan fingerprint density at radius 3 is 2.70 bits per heavy atom. The molecular weight excluding hydrogens is 132 g/mol. The molecule has 3 nitrogen and oxygen atoms in total. The van der Waals surface area contributed by atoms with Gasteiger partial charge in [-0.3, -0.25) is 0 Å². The summed E-state index contributed by atoms with van der Waals surface area (Å²) >= 11 is 0. The van der Waals surface area contributed by atoms with E-state index in [2.05, 4.69) is 0 Å². The Kier molecular flexibility index (Phi) is 2.20. The molecule has 1 rings (SSSR count). The highest BCUT2D eigenvalue weighted by molar-refractivity contribution is 5.18. The van der Waals surface area contributed by atoms with Crippen LogP contribution in [0.1, 0.15) is 0 Å². The second-order valence-electron chi connectivity index (χ2n) is 1.81. The molecule has 0 unspecified atom stereocenters. The molecule has 0 bridgehead atoms. The van der Waals surface area contributed by atoms with Gasteiger partial charge >= 0.3 is 0 Å². The van der Waals surface area contributed by atoms with Crippen LogP contribution in [0, 0.1) is 0 Å².